The number of H-pyrrole nitrogens is 1. The number of fused-ring (bicyclic) bond motifs is 1. The number of aromatic amines is 1. The molecule has 0 bridgehead atoms. The Bertz CT molecular complexity index is 538. The van der Waals surface area contributed by atoms with Crippen LogP contribution in [0.25, 0.3) is 10.9 Å². The molecule has 0 aliphatic heterocycles. The number of hydrogen-bond acceptors (Lipinski definition) is 3. The molecule has 0 atom stereocenters. The molecule has 0 spiro atoms. The molecule has 2 rings (SSSR count). The topological polar surface area (TPSA) is 45.8 Å². The minimum Gasteiger partial charge on any atom is -0.301 e. The summed E-state index contributed by atoms with van der Waals surface area (Å²) >= 11 is 7.28. The van der Waals surface area contributed by atoms with Crippen LogP contribution in [-0.4, -0.2) is 16.2 Å². The average Bonchev–Trinajstić information content (AvgIpc) is 2.17. The van der Waals surface area contributed by atoms with Crippen molar-refractivity contribution < 1.29 is 0 Å². The Morgan fingerprint density at radius 2 is 2.29 bits per heavy atom. The van der Waals surface area contributed by atoms with E-state index in [1.807, 2.05) is 6.26 Å². The summed E-state index contributed by atoms with van der Waals surface area (Å²) in [5, 5.41) is 1.49. The average molecular weight is 227 g/mol. The molecule has 0 fully saturated rings. The smallest absolute Gasteiger partial charge is 0.260 e. The third kappa shape index (κ3) is 1.51. The van der Waals surface area contributed by atoms with Gasteiger partial charge in [-0.05, 0) is 18.4 Å². The lowest BCUT2D eigenvalue weighted by atomic mass is 10.2. The van der Waals surface area contributed by atoms with Crippen LogP contribution in [0.3, 0.4) is 0 Å². The normalized spacial score (nSPS) is 10.7. The molecule has 1 N–H and O–H groups in total. The van der Waals surface area contributed by atoms with Gasteiger partial charge in [-0.1, -0.05) is 29.4 Å². The highest BCUT2D eigenvalue weighted by Crippen LogP contribution is 2.19. The Kier molecular flexibility index (Phi) is 2.48. The molecule has 0 saturated heterocycles. The van der Waals surface area contributed by atoms with Crippen LogP contribution in [0.2, 0.25) is 5.02 Å². The maximum absolute atomic E-state index is 11.6. The second-order valence-corrected chi connectivity index (χ2v) is 3.91. The lowest BCUT2D eigenvalue weighted by Crippen LogP contribution is -2.09. The summed E-state index contributed by atoms with van der Waals surface area (Å²) in [4.78, 5) is 18.5. The molecule has 0 aliphatic carbocycles. The SMILES string of the molecule is CSc1nc2cccc(Cl)c2c(=O)[nH]1. The first-order valence-electron chi connectivity index (χ1n) is 3.95. The summed E-state index contributed by atoms with van der Waals surface area (Å²) in [5.41, 5.74) is 0.440. The van der Waals surface area contributed by atoms with E-state index in [-0.39, 0.29) is 5.56 Å². The van der Waals surface area contributed by atoms with Crippen molar-refractivity contribution in [3.63, 3.8) is 0 Å². The summed E-state index contributed by atoms with van der Waals surface area (Å²) in [5.74, 6) is 0. The summed E-state index contributed by atoms with van der Waals surface area (Å²) in [6, 6.07) is 5.23. The summed E-state index contributed by atoms with van der Waals surface area (Å²) in [6.45, 7) is 0. The molecular weight excluding hydrogens is 220 g/mol. The number of nitrogens with zero attached hydrogens (tertiary/aromatic N) is 1. The van der Waals surface area contributed by atoms with Gasteiger partial charge in [0.1, 0.15) is 0 Å². The highest BCUT2D eigenvalue weighted by Gasteiger charge is 2.05. The van der Waals surface area contributed by atoms with Gasteiger partial charge in [-0.2, -0.15) is 0 Å². The molecule has 5 heteroatoms. The molecule has 1 aromatic carbocycles. The molecule has 0 saturated carbocycles. The van der Waals surface area contributed by atoms with E-state index < -0.39 is 0 Å². The number of halogens is 1. The van der Waals surface area contributed by atoms with E-state index in [1.54, 1.807) is 18.2 Å². The van der Waals surface area contributed by atoms with E-state index in [1.165, 1.54) is 11.8 Å². The highest BCUT2D eigenvalue weighted by molar-refractivity contribution is 7.98. The van der Waals surface area contributed by atoms with Gasteiger partial charge in [0.15, 0.2) is 5.16 Å². The summed E-state index contributed by atoms with van der Waals surface area (Å²) in [6.07, 6.45) is 1.86. The molecule has 0 unspecified atom stereocenters. The monoisotopic (exact) mass is 226 g/mol. The zero-order valence-electron chi connectivity index (χ0n) is 7.37. The Labute approximate surface area is 89.5 Å². The van der Waals surface area contributed by atoms with E-state index in [4.69, 9.17) is 11.6 Å². The summed E-state index contributed by atoms with van der Waals surface area (Å²) in [7, 11) is 0. The molecule has 0 radical (unpaired) electrons. The van der Waals surface area contributed by atoms with Crippen molar-refractivity contribution in [1.82, 2.24) is 9.97 Å². The molecule has 1 heterocycles. The predicted molar refractivity (Wildman–Crippen MR) is 59.2 cm³/mol. The minimum atomic E-state index is -0.190. The lowest BCUT2D eigenvalue weighted by Gasteiger charge is -2.00. The fourth-order valence-electron chi connectivity index (χ4n) is 1.22. The molecule has 3 nitrogen and oxygen atoms in total. The number of hydrogen-bond donors (Lipinski definition) is 1. The number of aromatic nitrogens is 2. The molecule has 2 aromatic rings. The van der Waals surface area contributed by atoms with Gasteiger partial charge in [0.2, 0.25) is 0 Å². The summed E-state index contributed by atoms with van der Waals surface area (Å²) < 4.78 is 0. The van der Waals surface area contributed by atoms with Crippen LogP contribution < -0.4 is 5.56 Å². The first-order chi connectivity index (χ1) is 6.72. The van der Waals surface area contributed by atoms with Crippen molar-refractivity contribution in [3.05, 3.63) is 33.6 Å². The lowest BCUT2D eigenvalue weighted by molar-refractivity contribution is 0.978. The second kappa shape index (κ2) is 3.63. The van der Waals surface area contributed by atoms with Crippen molar-refractivity contribution in [3.8, 4) is 0 Å². The molecule has 14 heavy (non-hydrogen) atoms. The number of nitrogens with one attached hydrogen (secondary N) is 1. The fourth-order valence-corrected chi connectivity index (χ4v) is 1.86. The van der Waals surface area contributed by atoms with Gasteiger partial charge >= 0.3 is 0 Å². The van der Waals surface area contributed by atoms with Crippen LogP contribution in [0.15, 0.2) is 28.2 Å². The zero-order chi connectivity index (χ0) is 10.1. The van der Waals surface area contributed by atoms with E-state index >= 15 is 0 Å². The maximum Gasteiger partial charge on any atom is 0.260 e. The maximum atomic E-state index is 11.6. The van der Waals surface area contributed by atoms with Gasteiger partial charge in [0, 0.05) is 0 Å². The van der Waals surface area contributed by atoms with Crippen LogP contribution in [0.4, 0.5) is 0 Å². The molecule has 72 valence electrons. The quantitative estimate of drug-likeness (QED) is 0.600. The largest absolute Gasteiger partial charge is 0.301 e. The molecular formula is C9H7ClN2OS. The number of rotatable bonds is 1. The van der Waals surface area contributed by atoms with Gasteiger partial charge in [-0.15, -0.1) is 0 Å². The van der Waals surface area contributed by atoms with Gasteiger partial charge < -0.3 is 4.98 Å². The van der Waals surface area contributed by atoms with E-state index in [9.17, 15) is 4.79 Å². The van der Waals surface area contributed by atoms with Crippen LogP contribution >= 0.6 is 23.4 Å². The molecule has 0 aliphatic rings. The van der Waals surface area contributed by atoms with Crippen LogP contribution in [0.5, 0.6) is 0 Å². The van der Waals surface area contributed by atoms with Gasteiger partial charge in [-0.3, -0.25) is 4.79 Å². The van der Waals surface area contributed by atoms with E-state index in [2.05, 4.69) is 9.97 Å². The van der Waals surface area contributed by atoms with Gasteiger partial charge in [0.25, 0.3) is 5.56 Å². The van der Waals surface area contributed by atoms with Crippen molar-refractivity contribution in [2.45, 2.75) is 5.16 Å². The van der Waals surface area contributed by atoms with Crippen LogP contribution in [0.1, 0.15) is 0 Å². The fraction of sp³-hybridized carbons (Fsp3) is 0.111. The Morgan fingerprint density at radius 1 is 1.50 bits per heavy atom. The zero-order valence-corrected chi connectivity index (χ0v) is 8.95. The third-order valence-corrected chi connectivity index (χ3v) is 2.75. The van der Waals surface area contributed by atoms with E-state index in [0.29, 0.717) is 21.1 Å². The van der Waals surface area contributed by atoms with Crippen molar-refractivity contribution in [2.75, 3.05) is 6.26 Å². The Balaban J connectivity index is 2.90. The van der Waals surface area contributed by atoms with Gasteiger partial charge in [0.05, 0.1) is 15.9 Å². The van der Waals surface area contributed by atoms with E-state index in [0.717, 1.165) is 0 Å². The van der Waals surface area contributed by atoms with Gasteiger partial charge in [-0.25, -0.2) is 4.98 Å². The number of thioether (sulfide) groups is 1. The predicted octanol–water partition coefficient (Wildman–Crippen LogP) is 2.30. The van der Waals surface area contributed by atoms with Crippen molar-refractivity contribution in [1.29, 1.82) is 0 Å². The first kappa shape index (κ1) is 9.55. The number of benzene rings is 1. The van der Waals surface area contributed by atoms with Crippen molar-refractivity contribution in [2.24, 2.45) is 0 Å². The second-order valence-electron chi connectivity index (χ2n) is 2.71. The highest BCUT2D eigenvalue weighted by atomic mass is 35.5. The first-order valence-corrected chi connectivity index (χ1v) is 5.55. The van der Waals surface area contributed by atoms with Crippen LogP contribution in [0, 0.1) is 0 Å². The molecule has 0 amide bonds. The Morgan fingerprint density at radius 3 is 3.00 bits per heavy atom. The molecule has 1 aromatic heterocycles. The Hall–Kier alpha value is -1.00. The van der Waals surface area contributed by atoms with Crippen molar-refractivity contribution >= 4 is 34.3 Å². The minimum absolute atomic E-state index is 0.190. The standard InChI is InChI=1S/C9H7ClN2OS/c1-14-9-11-6-4-2-3-5(10)7(6)8(13)12-9/h2-4H,1H3,(H,11,12,13). The van der Waals surface area contributed by atoms with Crippen LogP contribution in [-0.2, 0) is 0 Å². The third-order valence-electron chi connectivity index (χ3n) is 1.85.